The predicted octanol–water partition coefficient (Wildman–Crippen LogP) is 4.46. The Balaban J connectivity index is 1.66. The second-order valence-corrected chi connectivity index (χ2v) is 6.01. The van der Waals surface area contributed by atoms with Crippen molar-refractivity contribution in [2.24, 2.45) is 0 Å². The summed E-state index contributed by atoms with van der Waals surface area (Å²) < 4.78 is 5.81. The Bertz CT molecular complexity index is 770. The first-order valence-electron chi connectivity index (χ1n) is 8.19. The van der Waals surface area contributed by atoms with Crippen LogP contribution in [0.5, 0.6) is 0 Å². The summed E-state index contributed by atoms with van der Waals surface area (Å²) in [4.78, 5) is 24.1. The lowest BCUT2D eigenvalue weighted by molar-refractivity contribution is -0.116. The first kappa shape index (κ1) is 16.2. The predicted molar refractivity (Wildman–Crippen MR) is 92.7 cm³/mol. The molecule has 0 saturated carbocycles. The zero-order chi connectivity index (χ0) is 16.9. The van der Waals surface area contributed by atoms with Gasteiger partial charge in [0.2, 0.25) is 0 Å². The van der Waals surface area contributed by atoms with Crippen molar-refractivity contribution in [3.8, 4) is 0 Å². The molecule has 0 unspecified atom stereocenters. The minimum Gasteiger partial charge on any atom is -0.493 e. The summed E-state index contributed by atoms with van der Waals surface area (Å²) >= 11 is 0. The van der Waals surface area contributed by atoms with Crippen molar-refractivity contribution >= 4 is 11.6 Å². The van der Waals surface area contributed by atoms with Gasteiger partial charge in [-0.05, 0) is 18.9 Å². The molecule has 0 radical (unpaired) electrons. The van der Waals surface area contributed by atoms with Gasteiger partial charge in [0, 0.05) is 29.5 Å². The summed E-state index contributed by atoms with van der Waals surface area (Å²) in [6.07, 6.45) is 2.30. The topological polar surface area (TPSA) is 43.4 Å². The Kier molecular flexibility index (Phi) is 4.90. The Morgan fingerprint density at radius 3 is 2.33 bits per heavy atom. The minimum atomic E-state index is 0.0134. The van der Waals surface area contributed by atoms with Gasteiger partial charge in [-0.15, -0.1) is 0 Å². The molecule has 2 aromatic carbocycles. The summed E-state index contributed by atoms with van der Waals surface area (Å²) in [5, 5.41) is 0. The van der Waals surface area contributed by atoms with Crippen LogP contribution in [-0.4, -0.2) is 11.6 Å². The number of ketones is 2. The van der Waals surface area contributed by atoms with Crippen molar-refractivity contribution in [3.05, 3.63) is 82.6 Å². The molecule has 0 heterocycles. The van der Waals surface area contributed by atoms with E-state index in [1.165, 1.54) is 0 Å². The molecule has 0 fully saturated rings. The fraction of sp³-hybridized carbons (Fsp3) is 0.238. The smallest absolute Gasteiger partial charge is 0.193 e. The molecule has 2 aromatic rings. The largest absolute Gasteiger partial charge is 0.493 e. The fourth-order valence-corrected chi connectivity index (χ4v) is 2.80. The molecule has 3 rings (SSSR count). The van der Waals surface area contributed by atoms with Crippen LogP contribution in [-0.2, 0) is 16.1 Å². The molecule has 3 heteroatoms. The molecule has 24 heavy (non-hydrogen) atoms. The Morgan fingerprint density at radius 1 is 0.958 bits per heavy atom. The first-order chi connectivity index (χ1) is 11.6. The van der Waals surface area contributed by atoms with E-state index in [9.17, 15) is 9.59 Å². The second kappa shape index (κ2) is 7.26. The van der Waals surface area contributed by atoms with Gasteiger partial charge >= 0.3 is 0 Å². The van der Waals surface area contributed by atoms with Crippen molar-refractivity contribution in [1.29, 1.82) is 0 Å². The Morgan fingerprint density at radius 2 is 1.62 bits per heavy atom. The van der Waals surface area contributed by atoms with Gasteiger partial charge in [-0.25, -0.2) is 0 Å². The summed E-state index contributed by atoms with van der Waals surface area (Å²) in [5.41, 5.74) is 3.08. The van der Waals surface area contributed by atoms with Gasteiger partial charge < -0.3 is 4.74 Å². The second-order valence-electron chi connectivity index (χ2n) is 6.01. The van der Waals surface area contributed by atoms with Gasteiger partial charge in [0.25, 0.3) is 0 Å². The highest BCUT2D eigenvalue weighted by molar-refractivity contribution is 6.08. The fourth-order valence-electron chi connectivity index (χ4n) is 2.80. The van der Waals surface area contributed by atoms with Gasteiger partial charge in [-0.2, -0.15) is 0 Å². The van der Waals surface area contributed by atoms with Crippen molar-refractivity contribution in [2.75, 3.05) is 0 Å². The van der Waals surface area contributed by atoms with E-state index < -0.39 is 0 Å². The Labute approximate surface area is 142 Å². The van der Waals surface area contributed by atoms with E-state index in [0.717, 1.165) is 29.7 Å². The molecule has 0 saturated heterocycles. The molecule has 3 nitrogen and oxygen atoms in total. The summed E-state index contributed by atoms with van der Waals surface area (Å²) in [7, 11) is 0. The number of hydrogen-bond donors (Lipinski definition) is 0. The van der Waals surface area contributed by atoms with Crippen LogP contribution >= 0.6 is 0 Å². The maximum atomic E-state index is 12.4. The van der Waals surface area contributed by atoms with E-state index >= 15 is 0 Å². The molecule has 0 amide bonds. The lowest BCUT2D eigenvalue weighted by atomic mass is 9.97. The average Bonchev–Trinajstić information content (AvgIpc) is 2.63. The SMILES string of the molecule is CC1=C(OCc2ccc(C(=O)c3ccccc3)cc2)CCCC1=O. The van der Waals surface area contributed by atoms with E-state index in [-0.39, 0.29) is 11.6 Å². The van der Waals surface area contributed by atoms with Gasteiger partial charge in [-0.1, -0.05) is 54.6 Å². The minimum absolute atomic E-state index is 0.0134. The zero-order valence-corrected chi connectivity index (χ0v) is 13.7. The van der Waals surface area contributed by atoms with Crippen LogP contribution in [0.4, 0.5) is 0 Å². The maximum absolute atomic E-state index is 12.4. The van der Waals surface area contributed by atoms with E-state index in [0.29, 0.717) is 24.2 Å². The van der Waals surface area contributed by atoms with Crippen molar-refractivity contribution in [3.63, 3.8) is 0 Å². The highest BCUT2D eigenvalue weighted by Gasteiger charge is 2.18. The lowest BCUT2D eigenvalue weighted by Gasteiger charge is -2.17. The van der Waals surface area contributed by atoms with Gasteiger partial charge in [0.1, 0.15) is 12.4 Å². The lowest BCUT2D eigenvalue weighted by Crippen LogP contribution is -2.11. The molecule has 0 aliphatic heterocycles. The van der Waals surface area contributed by atoms with E-state index in [4.69, 9.17) is 4.74 Å². The normalized spacial score (nSPS) is 14.6. The number of allylic oxidation sites excluding steroid dienone is 2. The van der Waals surface area contributed by atoms with Crippen molar-refractivity contribution < 1.29 is 14.3 Å². The molecule has 0 atom stereocenters. The molecule has 0 bridgehead atoms. The van der Waals surface area contributed by atoms with Crippen molar-refractivity contribution in [2.45, 2.75) is 32.8 Å². The number of ether oxygens (including phenoxy) is 1. The van der Waals surface area contributed by atoms with E-state index in [1.807, 2.05) is 61.5 Å². The molecule has 122 valence electrons. The van der Waals surface area contributed by atoms with Gasteiger partial charge in [0.15, 0.2) is 11.6 Å². The van der Waals surface area contributed by atoms with Crippen LogP contribution in [0, 0.1) is 0 Å². The molecule has 1 aliphatic rings. The third-order valence-corrected chi connectivity index (χ3v) is 4.31. The average molecular weight is 320 g/mol. The van der Waals surface area contributed by atoms with E-state index in [1.54, 1.807) is 0 Å². The molecule has 0 N–H and O–H groups in total. The van der Waals surface area contributed by atoms with Crippen LogP contribution in [0.3, 0.4) is 0 Å². The molecular formula is C21H20O3. The number of benzene rings is 2. The molecule has 1 aliphatic carbocycles. The summed E-state index contributed by atoms with van der Waals surface area (Å²) in [5.74, 6) is 0.996. The monoisotopic (exact) mass is 320 g/mol. The van der Waals surface area contributed by atoms with Crippen LogP contribution in [0.25, 0.3) is 0 Å². The van der Waals surface area contributed by atoms with Crippen LogP contribution in [0.15, 0.2) is 65.9 Å². The van der Waals surface area contributed by atoms with Crippen LogP contribution in [0.2, 0.25) is 0 Å². The Hall–Kier alpha value is -2.68. The number of rotatable bonds is 5. The molecule has 0 aromatic heterocycles. The summed E-state index contributed by atoms with van der Waals surface area (Å²) in [6.45, 7) is 2.25. The van der Waals surface area contributed by atoms with Crippen LogP contribution < -0.4 is 0 Å². The van der Waals surface area contributed by atoms with Crippen LogP contribution in [0.1, 0.15) is 47.7 Å². The first-order valence-corrected chi connectivity index (χ1v) is 8.19. The number of carbonyl (C=O) groups is 2. The van der Waals surface area contributed by atoms with Gasteiger partial charge in [0.05, 0.1) is 0 Å². The standard InChI is InChI=1S/C21H20O3/c1-15-19(22)8-5-9-20(15)24-14-16-10-12-18(13-11-16)21(23)17-6-3-2-4-7-17/h2-4,6-7,10-13H,5,8-9,14H2,1H3. The highest BCUT2D eigenvalue weighted by Crippen LogP contribution is 2.23. The van der Waals surface area contributed by atoms with Crippen molar-refractivity contribution in [1.82, 2.24) is 0 Å². The highest BCUT2D eigenvalue weighted by atomic mass is 16.5. The third-order valence-electron chi connectivity index (χ3n) is 4.31. The quantitative estimate of drug-likeness (QED) is 0.764. The number of hydrogen-bond acceptors (Lipinski definition) is 3. The van der Waals surface area contributed by atoms with Gasteiger partial charge in [-0.3, -0.25) is 9.59 Å². The number of Topliss-reactive ketones (excluding diaryl/α,β-unsaturated/α-hetero) is 1. The third kappa shape index (κ3) is 3.62. The van der Waals surface area contributed by atoms with E-state index in [2.05, 4.69) is 0 Å². The zero-order valence-electron chi connectivity index (χ0n) is 13.7. The molecular weight excluding hydrogens is 300 g/mol. The maximum Gasteiger partial charge on any atom is 0.193 e. The summed E-state index contributed by atoms with van der Waals surface area (Å²) in [6, 6.07) is 16.7. The molecule has 0 spiro atoms. The number of carbonyl (C=O) groups excluding carboxylic acids is 2.